The van der Waals surface area contributed by atoms with Crippen LogP contribution in [0.2, 0.25) is 0 Å². The van der Waals surface area contributed by atoms with Gasteiger partial charge in [-0.15, -0.1) is 0 Å². The molecule has 1 saturated heterocycles. The summed E-state index contributed by atoms with van der Waals surface area (Å²) in [5.74, 6) is 0.256. The van der Waals surface area contributed by atoms with Gasteiger partial charge in [0.2, 0.25) is 0 Å². The van der Waals surface area contributed by atoms with E-state index in [0.29, 0.717) is 49.7 Å². The molecule has 0 unspecified atom stereocenters. The largest absolute Gasteiger partial charge is 0.481 e. The quantitative estimate of drug-likeness (QED) is 0.851. The lowest BCUT2D eigenvalue weighted by Gasteiger charge is -2.27. The number of anilines is 1. The van der Waals surface area contributed by atoms with Crippen molar-refractivity contribution in [1.29, 1.82) is 0 Å². The number of hydrogen-bond donors (Lipinski definition) is 1. The first-order valence-corrected chi connectivity index (χ1v) is 9.17. The molecule has 142 valence electrons. The maximum absolute atomic E-state index is 12.8. The van der Waals surface area contributed by atoms with Gasteiger partial charge >= 0.3 is 0 Å². The predicted molar refractivity (Wildman–Crippen MR) is 103 cm³/mol. The van der Waals surface area contributed by atoms with Gasteiger partial charge in [-0.3, -0.25) is 9.59 Å². The number of hydrogen-bond acceptors (Lipinski definition) is 4. The summed E-state index contributed by atoms with van der Waals surface area (Å²) >= 11 is 0. The molecule has 0 spiro atoms. The number of morpholine rings is 1. The van der Waals surface area contributed by atoms with Crippen LogP contribution >= 0.6 is 0 Å². The van der Waals surface area contributed by atoms with E-state index in [1.165, 1.54) is 0 Å². The molecule has 27 heavy (non-hydrogen) atoms. The highest BCUT2D eigenvalue weighted by molar-refractivity contribution is 6.04. The van der Waals surface area contributed by atoms with Gasteiger partial charge < -0.3 is 19.7 Å². The first-order chi connectivity index (χ1) is 13.2. The third-order valence-corrected chi connectivity index (χ3v) is 4.40. The van der Waals surface area contributed by atoms with Crippen molar-refractivity contribution in [3.63, 3.8) is 0 Å². The SMILES string of the molecule is CC[C@H](Oc1ccccc1)C(=O)Nc1ccccc1C(=O)N1CCOCC1. The summed E-state index contributed by atoms with van der Waals surface area (Å²) in [5.41, 5.74) is 0.969. The van der Waals surface area contributed by atoms with E-state index in [4.69, 9.17) is 9.47 Å². The number of nitrogens with one attached hydrogen (secondary N) is 1. The number of carbonyl (C=O) groups excluding carboxylic acids is 2. The van der Waals surface area contributed by atoms with E-state index >= 15 is 0 Å². The van der Waals surface area contributed by atoms with E-state index in [0.717, 1.165) is 0 Å². The summed E-state index contributed by atoms with van der Waals surface area (Å²) in [5, 5.41) is 2.86. The second-order valence-corrected chi connectivity index (χ2v) is 6.27. The fraction of sp³-hybridized carbons (Fsp3) is 0.333. The second-order valence-electron chi connectivity index (χ2n) is 6.27. The highest BCUT2D eigenvalue weighted by atomic mass is 16.5. The van der Waals surface area contributed by atoms with Crippen LogP contribution in [0.15, 0.2) is 54.6 Å². The molecule has 0 aromatic heterocycles. The summed E-state index contributed by atoms with van der Waals surface area (Å²) in [7, 11) is 0. The van der Waals surface area contributed by atoms with Crippen LogP contribution in [-0.4, -0.2) is 49.1 Å². The fourth-order valence-corrected chi connectivity index (χ4v) is 2.91. The lowest BCUT2D eigenvalue weighted by atomic mass is 10.1. The van der Waals surface area contributed by atoms with Gasteiger partial charge in [-0.05, 0) is 30.7 Å². The molecule has 1 aliphatic rings. The molecule has 6 heteroatoms. The molecule has 0 radical (unpaired) electrons. The van der Waals surface area contributed by atoms with Gasteiger partial charge in [0, 0.05) is 13.1 Å². The molecular weight excluding hydrogens is 344 g/mol. The lowest BCUT2D eigenvalue weighted by molar-refractivity contribution is -0.122. The number of ether oxygens (including phenoxy) is 2. The van der Waals surface area contributed by atoms with Crippen molar-refractivity contribution < 1.29 is 19.1 Å². The Morgan fingerprint density at radius 1 is 1.07 bits per heavy atom. The number of amides is 2. The first-order valence-electron chi connectivity index (χ1n) is 9.17. The Hall–Kier alpha value is -2.86. The van der Waals surface area contributed by atoms with Gasteiger partial charge in [0.05, 0.1) is 24.5 Å². The summed E-state index contributed by atoms with van der Waals surface area (Å²) in [4.78, 5) is 27.3. The third kappa shape index (κ3) is 4.86. The van der Waals surface area contributed by atoms with E-state index < -0.39 is 6.10 Å². The average Bonchev–Trinajstić information content (AvgIpc) is 2.73. The van der Waals surface area contributed by atoms with Gasteiger partial charge in [-0.1, -0.05) is 37.3 Å². The van der Waals surface area contributed by atoms with Crippen molar-refractivity contribution >= 4 is 17.5 Å². The van der Waals surface area contributed by atoms with Crippen LogP contribution in [0.1, 0.15) is 23.7 Å². The minimum absolute atomic E-state index is 0.105. The van der Waals surface area contributed by atoms with E-state index in [1.807, 2.05) is 37.3 Å². The van der Waals surface area contributed by atoms with Crippen LogP contribution in [0, 0.1) is 0 Å². The Balaban J connectivity index is 1.72. The maximum Gasteiger partial charge on any atom is 0.265 e. The molecular formula is C21H24N2O4. The monoisotopic (exact) mass is 368 g/mol. The van der Waals surface area contributed by atoms with E-state index in [-0.39, 0.29) is 11.8 Å². The number of nitrogens with zero attached hydrogens (tertiary/aromatic N) is 1. The molecule has 1 atom stereocenters. The number of para-hydroxylation sites is 2. The molecule has 2 aromatic carbocycles. The first kappa shape index (κ1) is 18.9. The molecule has 1 aliphatic heterocycles. The third-order valence-electron chi connectivity index (χ3n) is 4.40. The lowest BCUT2D eigenvalue weighted by Crippen LogP contribution is -2.41. The summed E-state index contributed by atoms with van der Waals surface area (Å²) < 4.78 is 11.1. The Morgan fingerprint density at radius 2 is 1.74 bits per heavy atom. The Bertz CT molecular complexity index is 773. The molecule has 3 rings (SSSR count). The van der Waals surface area contributed by atoms with Gasteiger partial charge in [0.1, 0.15) is 5.75 Å². The fourth-order valence-electron chi connectivity index (χ4n) is 2.91. The molecule has 6 nitrogen and oxygen atoms in total. The molecule has 1 fully saturated rings. The number of benzene rings is 2. The van der Waals surface area contributed by atoms with E-state index in [2.05, 4.69) is 5.32 Å². The molecule has 2 amide bonds. The Labute approximate surface area is 159 Å². The van der Waals surface area contributed by atoms with Gasteiger partial charge in [0.15, 0.2) is 6.10 Å². The molecule has 1 N–H and O–H groups in total. The Kier molecular flexibility index (Phi) is 6.44. The highest BCUT2D eigenvalue weighted by Gasteiger charge is 2.24. The molecule has 0 bridgehead atoms. The maximum atomic E-state index is 12.8. The summed E-state index contributed by atoms with van der Waals surface area (Å²) in [6, 6.07) is 16.3. The molecule has 2 aromatic rings. The van der Waals surface area contributed by atoms with Crippen LogP contribution in [0.25, 0.3) is 0 Å². The van der Waals surface area contributed by atoms with Crippen LogP contribution in [0.3, 0.4) is 0 Å². The van der Waals surface area contributed by atoms with Crippen molar-refractivity contribution in [2.45, 2.75) is 19.4 Å². The summed E-state index contributed by atoms with van der Waals surface area (Å²) in [6.45, 7) is 4.05. The van der Waals surface area contributed by atoms with Crippen molar-refractivity contribution in [1.82, 2.24) is 4.90 Å². The van der Waals surface area contributed by atoms with Crippen LogP contribution in [0.4, 0.5) is 5.69 Å². The zero-order chi connectivity index (χ0) is 19.1. The van der Waals surface area contributed by atoms with Gasteiger partial charge in [-0.2, -0.15) is 0 Å². The minimum Gasteiger partial charge on any atom is -0.481 e. The second kappa shape index (κ2) is 9.19. The standard InChI is InChI=1S/C21H24N2O4/c1-2-19(27-16-8-4-3-5-9-16)20(24)22-18-11-7-6-10-17(18)21(25)23-12-14-26-15-13-23/h3-11,19H,2,12-15H2,1H3,(H,22,24)/t19-/m0/s1. The molecule has 1 heterocycles. The van der Waals surface area contributed by atoms with Crippen LogP contribution in [0.5, 0.6) is 5.75 Å². The normalized spacial score (nSPS) is 15.1. The van der Waals surface area contributed by atoms with Crippen molar-refractivity contribution in [3.05, 3.63) is 60.2 Å². The van der Waals surface area contributed by atoms with Crippen LogP contribution < -0.4 is 10.1 Å². The van der Waals surface area contributed by atoms with E-state index in [9.17, 15) is 9.59 Å². The zero-order valence-electron chi connectivity index (χ0n) is 15.4. The summed E-state index contributed by atoms with van der Waals surface area (Å²) in [6.07, 6.45) is -0.126. The smallest absolute Gasteiger partial charge is 0.265 e. The van der Waals surface area contributed by atoms with Crippen molar-refractivity contribution in [3.8, 4) is 5.75 Å². The van der Waals surface area contributed by atoms with Gasteiger partial charge in [-0.25, -0.2) is 0 Å². The zero-order valence-corrected chi connectivity index (χ0v) is 15.4. The average molecular weight is 368 g/mol. The van der Waals surface area contributed by atoms with Crippen molar-refractivity contribution in [2.75, 3.05) is 31.6 Å². The molecule has 0 aliphatic carbocycles. The highest BCUT2D eigenvalue weighted by Crippen LogP contribution is 2.20. The number of rotatable bonds is 6. The topological polar surface area (TPSA) is 67.9 Å². The Morgan fingerprint density at radius 3 is 2.44 bits per heavy atom. The van der Waals surface area contributed by atoms with Crippen molar-refractivity contribution in [2.24, 2.45) is 0 Å². The molecule has 0 saturated carbocycles. The predicted octanol–water partition coefficient (Wildman–Crippen LogP) is 2.96. The minimum atomic E-state index is -0.640. The van der Waals surface area contributed by atoms with Crippen LogP contribution in [-0.2, 0) is 9.53 Å². The van der Waals surface area contributed by atoms with E-state index in [1.54, 1.807) is 29.2 Å². The number of carbonyl (C=O) groups is 2. The van der Waals surface area contributed by atoms with Gasteiger partial charge in [0.25, 0.3) is 11.8 Å².